The van der Waals surface area contributed by atoms with E-state index < -0.39 is 35.5 Å². The van der Waals surface area contributed by atoms with Gasteiger partial charge in [-0.3, -0.25) is 4.79 Å². The van der Waals surface area contributed by atoms with E-state index in [9.17, 15) is 27.9 Å². The predicted molar refractivity (Wildman–Crippen MR) is 75.1 cm³/mol. The first-order chi connectivity index (χ1) is 10.7. The van der Waals surface area contributed by atoms with Crippen molar-refractivity contribution < 1.29 is 27.9 Å². The third-order valence-corrected chi connectivity index (χ3v) is 3.84. The number of hydrogen-bond acceptors (Lipinski definition) is 3. The fourth-order valence-corrected chi connectivity index (χ4v) is 2.61. The molecule has 1 aromatic carbocycles. The number of carbonyl (C=O) groups excluding carboxylic acids is 2. The molecule has 1 amide bonds. The topological polar surface area (TPSA) is 69.2 Å². The van der Waals surface area contributed by atoms with Crippen LogP contribution in [0.2, 0.25) is 0 Å². The highest BCUT2D eigenvalue weighted by Crippen LogP contribution is 2.32. The van der Waals surface area contributed by atoms with Crippen molar-refractivity contribution >= 4 is 17.6 Å². The SMILES string of the molecule is CC1=CC[C@H](C(=O)[O-])[C@H](C(=O)Nc2cccc(C(F)(F)F)c2)C1. The number of allylic oxidation sites excluding steroid dienone is 2. The Hall–Kier alpha value is -2.31. The normalized spacial score (nSPS) is 21.5. The molecule has 0 aliphatic heterocycles. The zero-order chi connectivity index (χ0) is 17.2. The summed E-state index contributed by atoms with van der Waals surface area (Å²) in [5.74, 6) is -3.80. The number of benzene rings is 1. The van der Waals surface area contributed by atoms with Gasteiger partial charge in [0.1, 0.15) is 0 Å². The number of carboxylic acids is 1. The second kappa shape index (κ2) is 6.44. The molecule has 1 aliphatic carbocycles. The number of halogens is 3. The first-order valence-corrected chi connectivity index (χ1v) is 7.03. The second-order valence-corrected chi connectivity index (χ2v) is 5.59. The molecule has 0 unspecified atom stereocenters. The fourth-order valence-electron chi connectivity index (χ4n) is 2.61. The predicted octanol–water partition coefficient (Wildman–Crippen LogP) is 2.37. The number of alkyl halides is 3. The first kappa shape index (κ1) is 17.1. The Labute approximate surface area is 131 Å². The van der Waals surface area contributed by atoms with Gasteiger partial charge in [0.2, 0.25) is 5.91 Å². The van der Waals surface area contributed by atoms with Crippen molar-refractivity contribution in [2.45, 2.75) is 25.9 Å². The van der Waals surface area contributed by atoms with Gasteiger partial charge in [-0.15, -0.1) is 0 Å². The van der Waals surface area contributed by atoms with Crippen molar-refractivity contribution in [2.24, 2.45) is 11.8 Å². The minimum atomic E-state index is -4.52. The van der Waals surface area contributed by atoms with E-state index in [-0.39, 0.29) is 18.5 Å². The summed E-state index contributed by atoms with van der Waals surface area (Å²) in [6.45, 7) is 1.77. The Balaban J connectivity index is 2.18. The summed E-state index contributed by atoms with van der Waals surface area (Å²) in [4.78, 5) is 23.4. The lowest BCUT2D eigenvalue weighted by Crippen LogP contribution is -2.42. The lowest BCUT2D eigenvalue weighted by molar-refractivity contribution is -0.313. The molecule has 0 spiro atoms. The molecule has 1 aromatic rings. The quantitative estimate of drug-likeness (QED) is 0.867. The largest absolute Gasteiger partial charge is 0.550 e. The smallest absolute Gasteiger partial charge is 0.416 e. The number of rotatable bonds is 3. The van der Waals surface area contributed by atoms with Crippen LogP contribution in [0.15, 0.2) is 35.9 Å². The second-order valence-electron chi connectivity index (χ2n) is 5.59. The number of carboxylic acid groups (broad SMARTS) is 1. The van der Waals surface area contributed by atoms with Crippen molar-refractivity contribution in [3.63, 3.8) is 0 Å². The Bertz CT molecular complexity index is 652. The van der Waals surface area contributed by atoms with Gasteiger partial charge >= 0.3 is 6.18 Å². The van der Waals surface area contributed by atoms with Gasteiger partial charge in [-0.1, -0.05) is 17.7 Å². The third kappa shape index (κ3) is 4.12. The highest BCUT2D eigenvalue weighted by molar-refractivity contribution is 5.95. The number of carbonyl (C=O) groups is 2. The van der Waals surface area contributed by atoms with Gasteiger partial charge in [-0.05, 0) is 38.0 Å². The number of amides is 1. The van der Waals surface area contributed by atoms with E-state index in [2.05, 4.69) is 5.32 Å². The summed E-state index contributed by atoms with van der Waals surface area (Å²) < 4.78 is 38.0. The summed E-state index contributed by atoms with van der Waals surface area (Å²) >= 11 is 0. The summed E-state index contributed by atoms with van der Waals surface area (Å²) in [7, 11) is 0. The Morgan fingerprint density at radius 1 is 1.26 bits per heavy atom. The molecular weight excluding hydrogens is 311 g/mol. The van der Waals surface area contributed by atoms with Crippen LogP contribution < -0.4 is 10.4 Å². The summed E-state index contributed by atoms with van der Waals surface area (Å²) in [6, 6.07) is 4.22. The molecule has 0 radical (unpaired) electrons. The average molecular weight is 326 g/mol. The molecule has 0 heterocycles. The van der Waals surface area contributed by atoms with Gasteiger partial charge in [-0.25, -0.2) is 0 Å². The molecular formula is C16H15F3NO3-. The van der Waals surface area contributed by atoms with Crippen LogP contribution in [0, 0.1) is 11.8 Å². The van der Waals surface area contributed by atoms with Crippen LogP contribution in [0.3, 0.4) is 0 Å². The van der Waals surface area contributed by atoms with E-state index in [1.165, 1.54) is 12.1 Å². The molecule has 0 aromatic heterocycles. The highest BCUT2D eigenvalue weighted by Gasteiger charge is 2.33. The van der Waals surface area contributed by atoms with Gasteiger partial charge in [0.05, 0.1) is 11.5 Å². The van der Waals surface area contributed by atoms with Crippen LogP contribution in [-0.4, -0.2) is 11.9 Å². The maximum Gasteiger partial charge on any atom is 0.416 e. The number of aliphatic carboxylic acids is 1. The highest BCUT2D eigenvalue weighted by atomic mass is 19.4. The average Bonchev–Trinajstić information content (AvgIpc) is 2.46. The van der Waals surface area contributed by atoms with Crippen molar-refractivity contribution in [1.29, 1.82) is 0 Å². The standard InChI is InChI=1S/C16H16F3NO3/c1-9-5-6-12(15(22)23)13(7-9)14(21)20-11-4-2-3-10(8-11)16(17,18)19/h2-5,8,12-13H,6-7H2,1H3,(H,20,21)(H,22,23)/p-1/t12-,13+/m0/s1. The Kier molecular flexibility index (Phi) is 4.77. The van der Waals surface area contributed by atoms with E-state index >= 15 is 0 Å². The Morgan fingerprint density at radius 3 is 2.57 bits per heavy atom. The van der Waals surface area contributed by atoms with E-state index in [0.717, 1.165) is 17.7 Å². The van der Waals surface area contributed by atoms with E-state index in [1.54, 1.807) is 13.0 Å². The molecule has 124 valence electrons. The van der Waals surface area contributed by atoms with Crippen LogP contribution in [0.1, 0.15) is 25.3 Å². The zero-order valence-corrected chi connectivity index (χ0v) is 12.3. The molecule has 2 rings (SSSR count). The number of nitrogens with one attached hydrogen (secondary N) is 1. The lowest BCUT2D eigenvalue weighted by atomic mass is 9.79. The maximum absolute atomic E-state index is 12.7. The van der Waals surface area contributed by atoms with Gasteiger partial charge < -0.3 is 15.2 Å². The Morgan fingerprint density at radius 2 is 1.96 bits per heavy atom. The molecule has 0 saturated heterocycles. The molecule has 1 N–H and O–H groups in total. The van der Waals surface area contributed by atoms with E-state index in [1.807, 2.05) is 0 Å². The molecule has 0 bridgehead atoms. The van der Waals surface area contributed by atoms with Gasteiger partial charge in [-0.2, -0.15) is 13.2 Å². The van der Waals surface area contributed by atoms with Crippen LogP contribution in [0.25, 0.3) is 0 Å². The van der Waals surface area contributed by atoms with Crippen molar-refractivity contribution in [3.8, 4) is 0 Å². The van der Waals surface area contributed by atoms with Gasteiger partial charge in [0, 0.05) is 17.6 Å². The summed E-state index contributed by atoms with van der Waals surface area (Å²) in [5.41, 5.74) is -0.0349. The third-order valence-electron chi connectivity index (χ3n) is 3.84. The molecule has 4 nitrogen and oxygen atoms in total. The van der Waals surface area contributed by atoms with Crippen molar-refractivity contribution in [2.75, 3.05) is 5.32 Å². The maximum atomic E-state index is 12.7. The van der Waals surface area contributed by atoms with E-state index in [4.69, 9.17) is 0 Å². The minimum absolute atomic E-state index is 0.0193. The summed E-state index contributed by atoms with van der Waals surface area (Å²) in [5, 5.41) is 13.5. The minimum Gasteiger partial charge on any atom is -0.550 e. The molecule has 1 aliphatic rings. The summed E-state index contributed by atoms with van der Waals surface area (Å²) in [6.07, 6.45) is -2.37. The van der Waals surface area contributed by atoms with Gasteiger partial charge in [0.15, 0.2) is 0 Å². The number of hydrogen-bond donors (Lipinski definition) is 1. The molecule has 2 atom stereocenters. The number of anilines is 1. The molecule has 0 saturated carbocycles. The van der Waals surface area contributed by atoms with Crippen molar-refractivity contribution in [1.82, 2.24) is 0 Å². The van der Waals surface area contributed by atoms with Crippen LogP contribution in [-0.2, 0) is 15.8 Å². The van der Waals surface area contributed by atoms with Gasteiger partial charge in [0.25, 0.3) is 0 Å². The van der Waals surface area contributed by atoms with Crippen LogP contribution in [0.5, 0.6) is 0 Å². The van der Waals surface area contributed by atoms with E-state index in [0.29, 0.717) is 0 Å². The first-order valence-electron chi connectivity index (χ1n) is 7.03. The molecule has 7 heteroatoms. The fraction of sp³-hybridized carbons (Fsp3) is 0.375. The zero-order valence-electron chi connectivity index (χ0n) is 12.3. The van der Waals surface area contributed by atoms with Crippen molar-refractivity contribution in [3.05, 3.63) is 41.5 Å². The molecule has 23 heavy (non-hydrogen) atoms. The lowest BCUT2D eigenvalue weighted by Gasteiger charge is -2.30. The van der Waals surface area contributed by atoms with Crippen LogP contribution >= 0.6 is 0 Å². The van der Waals surface area contributed by atoms with Crippen LogP contribution in [0.4, 0.5) is 18.9 Å². The molecule has 0 fully saturated rings. The monoisotopic (exact) mass is 326 g/mol.